The number of pyridine rings is 1. The summed E-state index contributed by atoms with van der Waals surface area (Å²) in [6.07, 6.45) is 3.56. The molecule has 3 aromatic heterocycles. The average molecular weight is 401 g/mol. The summed E-state index contributed by atoms with van der Waals surface area (Å²) in [6.45, 7) is 8.07. The maximum absolute atomic E-state index is 14.8. The molecule has 0 fully saturated rings. The molecule has 0 radical (unpaired) electrons. The Morgan fingerprint density at radius 3 is 2.57 bits per heavy atom. The summed E-state index contributed by atoms with van der Waals surface area (Å²) in [4.78, 5) is 4.57. The second-order valence-corrected chi connectivity index (χ2v) is 6.97. The van der Waals surface area contributed by atoms with Gasteiger partial charge in [-0.2, -0.15) is 5.10 Å². The van der Waals surface area contributed by atoms with Crippen molar-refractivity contribution in [2.45, 2.75) is 27.7 Å². The highest BCUT2D eigenvalue weighted by molar-refractivity contribution is 6.06. The molecule has 0 aliphatic rings. The summed E-state index contributed by atoms with van der Waals surface area (Å²) >= 11 is 0. The van der Waals surface area contributed by atoms with Crippen LogP contribution in [0.25, 0.3) is 38.8 Å². The van der Waals surface area contributed by atoms with E-state index in [9.17, 15) is 4.39 Å². The smallest absolute Gasteiger partial charge is 0.149 e. The lowest BCUT2D eigenvalue weighted by atomic mass is 9.95. The molecule has 3 heterocycles. The van der Waals surface area contributed by atoms with Gasteiger partial charge in [0.05, 0.1) is 17.4 Å². The monoisotopic (exact) mass is 401 g/mol. The predicted molar refractivity (Wildman–Crippen MR) is 121 cm³/mol. The minimum Gasteiger partial charge on any atom is -0.399 e. The highest BCUT2D eigenvalue weighted by atomic mass is 19.1. The van der Waals surface area contributed by atoms with Gasteiger partial charge >= 0.3 is 0 Å². The summed E-state index contributed by atoms with van der Waals surface area (Å²) in [5.41, 5.74) is 12.4. The van der Waals surface area contributed by atoms with E-state index < -0.39 is 0 Å². The number of fused-ring (bicyclic) bond motifs is 2. The Morgan fingerprint density at radius 1 is 1.00 bits per heavy atom. The van der Waals surface area contributed by atoms with Crippen LogP contribution in [0.4, 0.5) is 10.1 Å². The van der Waals surface area contributed by atoms with Gasteiger partial charge in [0, 0.05) is 33.9 Å². The number of anilines is 1. The molecule has 5 aromatic rings. The lowest BCUT2D eigenvalue weighted by molar-refractivity contribution is 0.619. The molecule has 0 aliphatic heterocycles. The average Bonchev–Trinajstić information content (AvgIpc) is 3.33. The molecular formula is C24H24FN5. The molecule has 0 spiro atoms. The highest BCUT2D eigenvalue weighted by Crippen LogP contribution is 2.40. The van der Waals surface area contributed by atoms with Gasteiger partial charge in [-0.15, -0.1) is 0 Å². The standard InChI is InChI=1S/C22H18FN5.C2H6/c1-12-5-7-18-16(11-26-27-18)20(12)21-13(2)28(22-15(21)4-3-9-25-22)19-8-6-14(24)10-17(19)23;1-2/h3-11H,24H2,1-2H3,(H,26,27);1-2H3. The number of nitrogen functional groups attached to an aromatic ring is 1. The van der Waals surface area contributed by atoms with Crippen LogP contribution in [0.5, 0.6) is 0 Å². The van der Waals surface area contributed by atoms with E-state index in [1.54, 1.807) is 18.3 Å². The number of nitrogens with one attached hydrogen (secondary N) is 1. The molecule has 5 nitrogen and oxygen atoms in total. The number of H-pyrrole nitrogens is 1. The zero-order valence-corrected chi connectivity index (χ0v) is 17.5. The quantitative estimate of drug-likeness (QED) is 0.360. The summed E-state index contributed by atoms with van der Waals surface area (Å²) < 4.78 is 16.7. The molecule has 2 aromatic carbocycles. The van der Waals surface area contributed by atoms with Crippen molar-refractivity contribution in [3.8, 4) is 16.8 Å². The van der Waals surface area contributed by atoms with Gasteiger partial charge in [-0.05, 0) is 61.4 Å². The van der Waals surface area contributed by atoms with E-state index in [-0.39, 0.29) is 5.82 Å². The zero-order valence-electron chi connectivity index (χ0n) is 17.5. The topological polar surface area (TPSA) is 72.5 Å². The van der Waals surface area contributed by atoms with Crippen molar-refractivity contribution in [3.05, 3.63) is 71.9 Å². The lowest BCUT2D eigenvalue weighted by Gasteiger charge is -2.11. The fourth-order valence-electron chi connectivity index (χ4n) is 4.01. The Labute approximate surface area is 174 Å². The van der Waals surface area contributed by atoms with Crippen molar-refractivity contribution >= 4 is 27.6 Å². The molecule has 5 rings (SSSR count). The number of hydrogen-bond donors (Lipinski definition) is 2. The molecule has 0 unspecified atom stereocenters. The number of halogens is 1. The molecule has 0 bridgehead atoms. The number of aryl methyl sites for hydroxylation is 1. The van der Waals surface area contributed by atoms with Gasteiger partial charge in [-0.25, -0.2) is 9.37 Å². The highest BCUT2D eigenvalue weighted by Gasteiger charge is 2.22. The van der Waals surface area contributed by atoms with Gasteiger partial charge in [0.25, 0.3) is 0 Å². The van der Waals surface area contributed by atoms with E-state index >= 15 is 0 Å². The fourth-order valence-corrected chi connectivity index (χ4v) is 4.01. The maximum Gasteiger partial charge on any atom is 0.149 e. The molecule has 6 heteroatoms. The Kier molecular flexibility index (Phi) is 4.99. The first kappa shape index (κ1) is 19.6. The number of aromatic amines is 1. The largest absolute Gasteiger partial charge is 0.399 e. The number of nitrogens with zero attached hydrogens (tertiary/aromatic N) is 3. The molecule has 0 atom stereocenters. The van der Waals surface area contributed by atoms with Crippen LogP contribution in [0.2, 0.25) is 0 Å². The van der Waals surface area contributed by atoms with Crippen molar-refractivity contribution < 1.29 is 4.39 Å². The van der Waals surface area contributed by atoms with E-state index in [1.165, 1.54) is 6.07 Å². The number of hydrogen-bond acceptors (Lipinski definition) is 3. The van der Waals surface area contributed by atoms with Crippen LogP contribution in [0.1, 0.15) is 25.1 Å². The van der Waals surface area contributed by atoms with Gasteiger partial charge in [0.15, 0.2) is 0 Å². The number of nitrogens with two attached hydrogens (primary N) is 1. The third-order valence-corrected chi connectivity index (χ3v) is 5.26. The number of benzene rings is 2. The van der Waals surface area contributed by atoms with Gasteiger partial charge in [0.2, 0.25) is 0 Å². The fraction of sp³-hybridized carbons (Fsp3) is 0.167. The van der Waals surface area contributed by atoms with E-state index in [2.05, 4.69) is 28.2 Å². The van der Waals surface area contributed by atoms with E-state index in [0.29, 0.717) is 17.0 Å². The van der Waals surface area contributed by atoms with Gasteiger partial charge in [-0.3, -0.25) is 9.67 Å². The Balaban J connectivity index is 0.00000106. The van der Waals surface area contributed by atoms with Crippen molar-refractivity contribution in [2.24, 2.45) is 0 Å². The second kappa shape index (κ2) is 7.63. The minimum absolute atomic E-state index is 0.379. The van der Waals surface area contributed by atoms with E-state index in [1.807, 2.05) is 49.7 Å². The van der Waals surface area contributed by atoms with Crippen LogP contribution in [-0.2, 0) is 0 Å². The Morgan fingerprint density at radius 2 is 1.80 bits per heavy atom. The normalized spacial score (nSPS) is 11.0. The van der Waals surface area contributed by atoms with Crippen molar-refractivity contribution in [1.29, 1.82) is 0 Å². The molecule has 0 aliphatic carbocycles. The summed E-state index contributed by atoms with van der Waals surface area (Å²) in [7, 11) is 0. The number of aromatic nitrogens is 4. The molecule has 30 heavy (non-hydrogen) atoms. The lowest BCUT2D eigenvalue weighted by Crippen LogP contribution is -2.02. The van der Waals surface area contributed by atoms with Crippen LogP contribution < -0.4 is 5.73 Å². The molecule has 0 saturated carbocycles. The molecule has 0 saturated heterocycles. The minimum atomic E-state index is -0.379. The maximum atomic E-state index is 14.8. The van der Waals surface area contributed by atoms with Crippen molar-refractivity contribution in [1.82, 2.24) is 19.7 Å². The first-order valence-corrected chi connectivity index (χ1v) is 10.0. The summed E-state index contributed by atoms with van der Waals surface area (Å²) in [6, 6.07) is 12.8. The van der Waals surface area contributed by atoms with E-state index in [4.69, 9.17) is 5.73 Å². The Hall–Kier alpha value is -3.67. The van der Waals surface area contributed by atoms with Crippen molar-refractivity contribution in [2.75, 3.05) is 5.73 Å². The van der Waals surface area contributed by atoms with Crippen LogP contribution in [0, 0.1) is 19.7 Å². The molecule has 152 valence electrons. The van der Waals surface area contributed by atoms with Crippen LogP contribution in [0.3, 0.4) is 0 Å². The Bertz CT molecular complexity index is 1360. The third kappa shape index (κ3) is 2.92. The predicted octanol–water partition coefficient (Wildman–Crippen LogP) is 5.93. The molecule has 0 amide bonds. The van der Waals surface area contributed by atoms with Crippen LogP contribution in [0.15, 0.2) is 54.9 Å². The number of rotatable bonds is 2. The van der Waals surface area contributed by atoms with Crippen molar-refractivity contribution in [3.63, 3.8) is 0 Å². The first-order chi connectivity index (χ1) is 14.6. The SMILES string of the molecule is CC.Cc1ccc2[nH]ncc2c1-c1c(C)n(-c2ccc(N)cc2F)c2ncccc12. The van der Waals surface area contributed by atoms with Gasteiger partial charge in [-0.1, -0.05) is 19.9 Å². The zero-order chi connectivity index (χ0) is 21.4. The second-order valence-electron chi connectivity index (χ2n) is 6.97. The van der Waals surface area contributed by atoms with E-state index in [0.717, 1.165) is 38.7 Å². The van der Waals surface area contributed by atoms with Crippen LogP contribution in [-0.4, -0.2) is 19.7 Å². The van der Waals surface area contributed by atoms with Gasteiger partial charge in [0.1, 0.15) is 11.5 Å². The summed E-state index contributed by atoms with van der Waals surface area (Å²) in [5.74, 6) is -0.379. The summed E-state index contributed by atoms with van der Waals surface area (Å²) in [5, 5.41) is 9.23. The molecule has 3 N–H and O–H groups in total. The third-order valence-electron chi connectivity index (χ3n) is 5.26. The van der Waals surface area contributed by atoms with Gasteiger partial charge < -0.3 is 5.73 Å². The van der Waals surface area contributed by atoms with Crippen LogP contribution >= 0.6 is 0 Å². The first-order valence-electron chi connectivity index (χ1n) is 10.0. The molecular weight excluding hydrogens is 377 g/mol.